The molecule has 0 radical (unpaired) electrons. The molecule has 0 atom stereocenters. The molecule has 31 heavy (non-hydrogen) atoms. The zero-order valence-electron chi connectivity index (χ0n) is 16.4. The predicted molar refractivity (Wildman–Crippen MR) is 118 cm³/mol. The van der Waals surface area contributed by atoms with Gasteiger partial charge in [0.15, 0.2) is 5.76 Å². The predicted octanol–water partition coefficient (Wildman–Crippen LogP) is 4.11. The van der Waals surface area contributed by atoms with Crippen LogP contribution in [0.2, 0.25) is 0 Å². The van der Waals surface area contributed by atoms with E-state index in [0.717, 1.165) is 41.4 Å². The second kappa shape index (κ2) is 7.99. The van der Waals surface area contributed by atoms with Crippen LogP contribution in [0.1, 0.15) is 34.5 Å². The zero-order valence-corrected chi connectivity index (χ0v) is 18.0. The van der Waals surface area contributed by atoms with Crippen molar-refractivity contribution < 1.29 is 9.21 Å². The van der Waals surface area contributed by atoms with E-state index in [-0.39, 0.29) is 17.4 Å². The third-order valence-electron chi connectivity index (χ3n) is 5.19. The molecule has 5 rings (SSSR count). The molecule has 0 fully saturated rings. The number of nitrogens with one attached hydrogen (secondary N) is 2. The van der Waals surface area contributed by atoms with E-state index in [1.54, 1.807) is 42.7 Å². The number of halogens is 1. The Labute approximate surface area is 185 Å². The van der Waals surface area contributed by atoms with Gasteiger partial charge < -0.3 is 9.73 Å². The van der Waals surface area contributed by atoms with E-state index >= 15 is 0 Å². The van der Waals surface area contributed by atoms with Crippen molar-refractivity contribution in [2.75, 3.05) is 5.32 Å². The molecule has 4 aromatic rings. The summed E-state index contributed by atoms with van der Waals surface area (Å²) >= 11 is 3.38. The molecule has 0 aliphatic heterocycles. The average molecular weight is 480 g/mol. The number of aromatic amines is 1. The van der Waals surface area contributed by atoms with Crippen LogP contribution in [-0.4, -0.2) is 25.7 Å². The van der Waals surface area contributed by atoms with E-state index in [0.29, 0.717) is 22.8 Å². The van der Waals surface area contributed by atoms with Gasteiger partial charge >= 0.3 is 0 Å². The summed E-state index contributed by atoms with van der Waals surface area (Å²) in [5.74, 6) is 0.856. The molecule has 0 spiro atoms. The first kappa shape index (κ1) is 19.5. The van der Waals surface area contributed by atoms with Crippen LogP contribution < -0.4 is 10.9 Å². The number of amides is 1. The van der Waals surface area contributed by atoms with Gasteiger partial charge in [0, 0.05) is 21.7 Å². The number of rotatable bonds is 4. The summed E-state index contributed by atoms with van der Waals surface area (Å²) in [5, 5.41) is 7.41. The van der Waals surface area contributed by atoms with Crippen molar-refractivity contribution in [2.45, 2.75) is 25.7 Å². The van der Waals surface area contributed by atoms with Crippen LogP contribution in [-0.2, 0) is 12.8 Å². The van der Waals surface area contributed by atoms with Gasteiger partial charge in [0.05, 0.1) is 12.0 Å². The van der Waals surface area contributed by atoms with Crippen molar-refractivity contribution in [3.8, 4) is 17.4 Å². The Morgan fingerprint density at radius 2 is 2.03 bits per heavy atom. The Morgan fingerprint density at radius 3 is 2.84 bits per heavy atom. The molecule has 2 N–H and O–H groups in total. The summed E-state index contributed by atoms with van der Waals surface area (Å²) in [6, 6.07) is 12.3. The number of hydrogen-bond donors (Lipinski definition) is 2. The van der Waals surface area contributed by atoms with Crippen LogP contribution >= 0.6 is 15.9 Å². The fraction of sp³-hybridized carbons (Fsp3) is 0.182. The minimum Gasteiger partial charge on any atom is -0.463 e. The zero-order chi connectivity index (χ0) is 21.4. The van der Waals surface area contributed by atoms with Crippen molar-refractivity contribution in [1.29, 1.82) is 0 Å². The molecule has 0 saturated carbocycles. The van der Waals surface area contributed by atoms with Crippen LogP contribution in [0.4, 0.5) is 5.82 Å². The van der Waals surface area contributed by atoms with E-state index in [9.17, 15) is 9.59 Å². The molecule has 1 aliphatic rings. The third-order valence-corrected chi connectivity index (χ3v) is 5.68. The highest BCUT2D eigenvalue weighted by molar-refractivity contribution is 9.10. The number of carbonyl (C=O) groups excluding carboxylic acids is 1. The molecule has 9 heteroatoms. The fourth-order valence-electron chi connectivity index (χ4n) is 3.68. The lowest BCUT2D eigenvalue weighted by Crippen LogP contribution is -2.24. The number of furan rings is 1. The number of aromatic nitrogens is 4. The van der Waals surface area contributed by atoms with Gasteiger partial charge in [-0.05, 0) is 56.0 Å². The Bertz CT molecular complexity index is 1320. The van der Waals surface area contributed by atoms with Crippen LogP contribution in [0.3, 0.4) is 0 Å². The summed E-state index contributed by atoms with van der Waals surface area (Å²) in [6.07, 6.45) is 4.99. The molecule has 0 unspecified atom stereocenters. The Kier molecular flexibility index (Phi) is 5.03. The Hall–Kier alpha value is -3.46. The highest BCUT2D eigenvalue weighted by Crippen LogP contribution is 2.25. The normalized spacial score (nSPS) is 13.1. The highest BCUT2D eigenvalue weighted by atomic mass is 79.9. The molecular formula is C22H18BrN5O3. The number of benzene rings is 1. The third kappa shape index (κ3) is 3.84. The number of H-pyrrole nitrogens is 1. The van der Waals surface area contributed by atoms with Gasteiger partial charge in [-0.15, -0.1) is 0 Å². The van der Waals surface area contributed by atoms with E-state index in [1.165, 1.54) is 4.68 Å². The first-order chi connectivity index (χ1) is 15.1. The van der Waals surface area contributed by atoms with Crippen molar-refractivity contribution >= 4 is 27.7 Å². The maximum Gasteiger partial charge on any atom is 0.256 e. The SMILES string of the molecule is O=C(Nc1cc(-c2ccco2)nn1-c1nc2c(c(=O)[nH]1)CCCC2)c1cccc(Br)c1. The first-order valence-corrected chi connectivity index (χ1v) is 10.7. The van der Waals surface area contributed by atoms with Gasteiger partial charge in [-0.25, -0.2) is 4.98 Å². The first-order valence-electron chi connectivity index (χ1n) is 9.92. The largest absolute Gasteiger partial charge is 0.463 e. The average Bonchev–Trinajstić information content (AvgIpc) is 3.44. The van der Waals surface area contributed by atoms with Gasteiger partial charge in [0.1, 0.15) is 11.5 Å². The maximum absolute atomic E-state index is 12.9. The number of hydrogen-bond acceptors (Lipinski definition) is 5. The van der Waals surface area contributed by atoms with Gasteiger partial charge in [0.2, 0.25) is 5.95 Å². The molecule has 1 aliphatic carbocycles. The van der Waals surface area contributed by atoms with Crippen LogP contribution in [0.5, 0.6) is 0 Å². The number of carbonyl (C=O) groups is 1. The highest BCUT2D eigenvalue weighted by Gasteiger charge is 2.21. The van der Waals surface area contributed by atoms with E-state index in [2.05, 4.69) is 36.3 Å². The number of anilines is 1. The van der Waals surface area contributed by atoms with Crippen molar-refractivity contribution in [3.05, 3.63) is 80.4 Å². The second-order valence-electron chi connectivity index (χ2n) is 7.29. The number of aryl methyl sites for hydroxylation is 1. The lowest BCUT2D eigenvalue weighted by molar-refractivity contribution is 0.102. The molecule has 0 saturated heterocycles. The van der Waals surface area contributed by atoms with Gasteiger partial charge in [-0.1, -0.05) is 22.0 Å². The van der Waals surface area contributed by atoms with Gasteiger partial charge in [-0.2, -0.15) is 9.78 Å². The topological polar surface area (TPSA) is 106 Å². The molecule has 8 nitrogen and oxygen atoms in total. The minimum atomic E-state index is -0.311. The molecule has 156 valence electrons. The number of nitrogens with zero attached hydrogens (tertiary/aromatic N) is 3. The Balaban J connectivity index is 1.59. The molecule has 0 bridgehead atoms. The van der Waals surface area contributed by atoms with E-state index in [1.807, 2.05) is 6.07 Å². The molecular weight excluding hydrogens is 462 g/mol. The Morgan fingerprint density at radius 1 is 1.16 bits per heavy atom. The molecule has 1 aromatic carbocycles. The van der Waals surface area contributed by atoms with Gasteiger partial charge in [0.25, 0.3) is 11.5 Å². The summed E-state index contributed by atoms with van der Waals surface area (Å²) in [5.41, 5.74) is 2.33. The van der Waals surface area contributed by atoms with Crippen molar-refractivity contribution in [1.82, 2.24) is 19.7 Å². The van der Waals surface area contributed by atoms with Gasteiger partial charge in [-0.3, -0.25) is 14.6 Å². The monoisotopic (exact) mass is 479 g/mol. The summed E-state index contributed by atoms with van der Waals surface area (Å²) in [7, 11) is 0. The summed E-state index contributed by atoms with van der Waals surface area (Å²) in [6.45, 7) is 0. The number of fused-ring (bicyclic) bond motifs is 1. The smallest absolute Gasteiger partial charge is 0.256 e. The molecule has 3 heterocycles. The van der Waals surface area contributed by atoms with E-state index in [4.69, 9.17) is 4.42 Å². The summed E-state index contributed by atoms with van der Waals surface area (Å²) < 4.78 is 7.69. The minimum absolute atomic E-state index is 0.168. The molecule has 1 amide bonds. The van der Waals surface area contributed by atoms with E-state index < -0.39 is 0 Å². The van der Waals surface area contributed by atoms with Crippen molar-refractivity contribution in [3.63, 3.8) is 0 Å². The van der Waals surface area contributed by atoms with Crippen LogP contribution in [0, 0.1) is 0 Å². The lowest BCUT2D eigenvalue weighted by atomic mass is 9.97. The standard InChI is InChI=1S/C22H18BrN5O3/c23-14-6-3-5-13(11-14)20(29)25-19-12-17(18-9-4-10-31-18)27-28(19)22-24-16-8-2-1-7-15(16)21(30)26-22/h3-6,9-12H,1-2,7-8H2,(H,25,29)(H,24,26,30). The maximum atomic E-state index is 12.9. The molecule has 3 aromatic heterocycles. The lowest BCUT2D eigenvalue weighted by Gasteiger charge is -2.15. The van der Waals surface area contributed by atoms with Crippen LogP contribution in [0.25, 0.3) is 17.4 Å². The second-order valence-corrected chi connectivity index (χ2v) is 8.21. The quantitative estimate of drug-likeness (QED) is 0.458. The summed E-state index contributed by atoms with van der Waals surface area (Å²) in [4.78, 5) is 33.0. The van der Waals surface area contributed by atoms with Crippen molar-refractivity contribution in [2.24, 2.45) is 0 Å². The fourth-order valence-corrected chi connectivity index (χ4v) is 4.08. The van der Waals surface area contributed by atoms with Crippen LogP contribution in [0.15, 0.2) is 62.4 Å².